The summed E-state index contributed by atoms with van der Waals surface area (Å²) in [5, 5.41) is 12.5. The van der Waals surface area contributed by atoms with E-state index in [9.17, 15) is 9.90 Å². The number of nitrogens with zero attached hydrogens (tertiary/aromatic N) is 1. The minimum Gasteiger partial charge on any atom is -0.508 e. The maximum atomic E-state index is 11.2. The van der Waals surface area contributed by atoms with Gasteiger partial charge in [0.1, 0.15) is 5.75 Å². The number of amides is 2. The van der Waals surface area contributed by atoms with Gasteiger partial charge in [0, 0.05) is 31.6 Å². The minimum absolute atomic E-state index is 0.0540. The maximum absolute atomic E-state index is 11.2. The molecule has 1 atom stereocenters. The lowest BCUT2D eigenvalue weighted by Gasteiger charge is -2.30. The van der Waals surface area contributed by atoms with E-state index in [1.807, 2.05) is 12.1 Å². The molecule has 1 saturated heterocycles. The molecular formula is C11H14N2O2. The molecule has 1 fully saturated rings. The third kappa shape index (κ3) is 1.88. The molecule has 2 amide bonds. The van der Waals surface area contributed by atoms with E-state index in [1.54, 1.807) is 24.1 Å². The van der Waals surface area contributed by atoms with Crippen LogP contribution in [0.2, 0.25) is 0 Å². The highest BCUT2D eigenvalue weighted by atomic mass is 16.3. The molecule has 2 rings (SSSR count). The fourth-order valence-corrected chi connectivity index (χ4v) is 1.86. The topological polar surface area (TPSA) is 52.6 Å². The van der Waals surface area contributed by atoms with Gasteiger partial charge in [0.15, 0.2) is 0 Å². The van der Waals surface area contributed by atoms with E-state index in [0.29, 0.717) is 18.8 Å². The van der Waals surface area contributed by atoms with Crippen LogP contribution in [0.25, 0.3) is 0 Å². The molecule has 4 heteroatoms. The van der Waals surface area contributed by atoms with Crippen LogP contribution in [0.15, 0.2) is 24.3 Å². The Morgan fingerprint density at radius 3 is 2.87 bits per heavy atom. The molecule has 1 aliphatic heterocycles. The first-order chi connectivity index (χ1) is 7.18. The molecule has 1 aromatic carbocycles. The number of urea groups is 1. The van der Waals surface area contributed by atoms with Crippen molar-refractivity contribution in [3.05, 3.63) is 29.8 Å². The van der Waals surface area contributed by atoms with Gasteiger partial charge < -0.3 is 15.3 Å². The van der Waals surface area contributed by atoms with Crippen molar-refractivity contribution in [2.45, 2.75) is 5.92 Å². The average molecular weight is 206 g/mol. The highest BCUT2D eigenvalue weighted by Crippen LogP contribution is 2.26. The SMILES string of the molecule is CN1CC(c2ccccc2O)CNC1=O. The third-order valence-corrected chi connectivity index (χ3v) is 2.72. The van der Waals surface area contributed by atoms with E-state index in [2.05, 4.69) is 5.32 Å². The number of carbonyl (C=O) groups excluding carboxylic acids is 1. The van der Waals surface area contributed by atoms with Crippen LogP contribution >= 0.6 is 0 Å². The van der Waals surface area contributed by atoms with Crippen molar-refractivity contribution in [3.63, 3.8) is 0 Å². The minimum atomic E-state index is -0.0540. The van der Waals surface area contributed by atoms with Gasteiger partial charge in [-0.25, -0.2) is 4.79 Å². The number of benzene rings is 1. The summed E-state index contributed by atoms with van der Waals surface area (Å²) in [4.78, 5) is 12.8. The van der Waals surface area contributed by atoms with Crippen LogP contribution in [0.1, 0.15) is 11.5 Å². The lowest BCUT2D eigenvalue weighted by Crippen LogP contribution is -2.48. The van der Waals surface area contributed by atoms with Gasteiger partial charge in [-0.1, -0.05) is 18.2 Å². The number of rotatable bonds is 1. The molecule has 1 aliphatic rings. The summed E-state index contributed by atoms with van der Waals surface area (Å²) < 4.78 is 0. The molecule has 4 nitrogen and oxygen atoms in total. The number of hydrogen-bond acceptors (Lipinski definition) is 2. The van der Waals surface area contributed by atoms with Crippen LogP contribution in [0, 0.1) is 0 Å². The molecule has 0 spiro atoms. The van der Waals surface area contributed by atoms with Crippen molar-refractivity contribution in [1.29, 1.82) is 0 Å². The number of para-hydroxylation sites is 1. The second-order valence-corrected chi connectivity index (χ2v) is 3.82. The van der Waals surface area contributed by atoms with Gasteiger partial charge in [-0.15, -0.1) is 0 Å². The number of likely N-dealkylation sites (N-methyl/N-ethyl adjacent to an activating group) is 1. The molecule has 0 aliphatic carbocycles. The van der Waals surface area contributed by atoms with Gasteiger partial charge in [-0.05, 0) is 6.07 Å². The Morgan fingerprint density at radius 2 is 2.20 bits per heavy atom. The van der Waals surface area contributed by atoms with Gasteiger partial charge in [-0.3, -0.25) is 0 Å². The Kier molecular flexibility index (Phi) is 2.49. The molecule has 1 unspecified atom stereocenters. The summed E-state index contributed by atoms with van der Waals surface area (Å²) in [5.41, 5.74) is 0.893. The lowest BCUT2D eigenvalue weighted by molar-refractivity contribution is 0.192. The van der Waals surface area contributed by atoms with Gasteiger partial charge >= 0.3 is 6.03 Å². The van der Waals surface area contributed by atoms with Crippen LogP contribution in [0.3, 0.4) is 0 Å². The smallest absolute Gasteiger partial charge is 0.317 e. The highest BCUT2D eigenvalue weighted by Gasteiger charge is 2.24. The Morgan fingerprint density at radius 1 is 1.47 bits per heavy atom. The van der Waals surface area contributed by atoms with E-state index >= 15 is 0 Å². The van der Waals surface area contributed by atoms with Gasteiger partial charge in [0.25, 0.3) is 0 Å². The van der Waals surface area contributed by atoms with Crippen molar-refractivity contribution in [3.8, 4) is 5.75 Å². The first-order valence-corrected chi connectivity index (χ1v) is 4.95. The van der Waals surface area contributed by atoms with Crippen LogP contribution in [0.4, 0.5) is 4.79 Å². The van der Waals surface area contributed by atoms with Crippen molar-refractivity contribution < 1.29 is 9.90 Å². The second kappa shape index (κ2) is 3.81. The zero-order chi connectivity index (χ0) is 10.8. The molecule has 0 aromatic heterocycles. The summed E-state index contributed by atoms with van der Waals surface area (Å²) in [6.07, 6.45) is 0. The summed E-state index contributed by atoms with van der Waals surface area (Å²) in [6, 6.07) is 7.20. The van der Waals surface area contributed by atoms with Gasteiger partial charge in [-0.2, -0.15) is 0 Å². The zero-order valence-electron chi connectivity index (χ0n) is 8.60. The van der Waals surface area contributed by atoms with Crippen LogP contribution in [-0.4, -0.2) is 36.2 Å². The Hall–Kier alpha value is -1.71. The molecule has 2 N–H and O–H groups in total. The van der Waals surface area contributed by atoms with Crippen LogP contribution < -0.4 is 5.32 Å². The number of nitrogens with one attached hydrogen (secondary N) is 1. The number of phenolic OH excluding ortho intramolecular Hbond substituents is 1. The molecule has 1 aromatic rings. The summed E-state index contributed by atoms with van der Waals surface area (Å²) in [5.74, 6) is 0.459. The molecule has 0 bridgehead atoms. The fourth-order valence-electron chi connectivity index (χ4n) is 1.86. The summed E-state index contributed by atoms with van der Waals surface area (Å²) in [6.45, 7) is 1.23. The van der Waals surface area contributed by atoms with Crippen molar-refractivity contribution in [1.82, 2.24) is 10.2 Å². The molecule has 80 valence electrons. The Labute approximate surface area is 88.5 Å². The fraction of sp³-hybridized carbons (Fsp3) is 0.364. The third-order valence-electron chi connectivity index (χ3n) is 2.72. The molecule has 1 heterocycles. The zero-order valence-corrected chi connectivity index (χ0v) is 8.60. The lowest BCUT2D eigenvalue weighted by atomic mass is 9.96. The number of carbonyl (C=O) groups is 1. The molecular weight excluding hydrogens is 192 g/mol. The number of aromatic hydroxyl groups is 1. The largest absolute Gasteiger partial charge is 0.508 e. The Bertz CT molecular complexity index is 379. The van der Waals surface area contributed by atoms with E-state index in [1.165, 1.54) is 0 Å². The highest BCUT2D eigenvalue weighted by molar-refractivity contribution is 5.75. The van der Waals surface area contributed by atoms with E-state index in [-0.39, 0.29) is 11.9 Å². The average Bonchev–Trinajstić information content (AvgIpc) is 2.23. The summed E-state index contributed by atoms with van der Waals surface area (Å²) >= 11 is 0. The van der Waals surface area contributed by atoms with Crippen LogP contribution in [0.5, 0.6) is 5.75 Å². The molecule has 0 radical (unpaired) electrons. The van der Waals surface area contributed by atoms with Crippen molar-refractivity contribution in [2.75, 3.05) is 20.1 Å². The monoisotopic (exact) mass is 206 g/mol. The predicted octanol–water partition coefficient (Wildman–Crippen LogP) is 1.13. The Balaban J connectivity index is 2.19. The molecule has 0 saturated carbocycles. The van der Waals surface area contributed by atoms with E-state index in [4.69, 9.17) is 0 Å². The standard InChI is InChI=1S/C11H14N2O2/c1-13-7-8(6-12-11(13)15)9-4-2-3-5-10(9)14/h2-5,8,14H,6-7H2,1H3,(H,12,15). The predicted molar refractivity (Wildman–Crippen MR) is 56.9 cm³/mol. The van der Waals surface area contributed by atoms with Gasteiger partial charge in [0.2, 0.25) is 0 Å². The van der Waals surface area contributed by atoms with E-state index in [0.717, 1.165) is 5.56 Å². The quantitative estimate of drug-likeness (QED) is 0.723. The maximum Gasteiger partial charge on any atom is 0.317 e. The van der Waals surface area contributed by atoms with Crippen molar-refractivity contribution in [2.24, 2.45) is 0 Å². The first-order valence-electron chi connectivity index (χ1n) is 4.95. The first kappa shape index (κ1) is 9.83. The summed E-state index contributed by atoms with van der Waals surface area (Å²) in [7, 11) is 1.75. The number of hydrogen-bond donors (Lipinski definition) is 2. The van der Waals surface area contributed by atoms with E-state index < -0.39 is 0 Å². The second-order valence-electron chi connectivity index (χ2n) is 3.82. The number of phenols is 1. The molecule has 15 heavy (non-hydrogen) atoms. The van der Waals surface area contributed by atoms with Gasteiger partial charge in [0.05, 0.1) is 0 Å². The normalized spacial score (nSPS) is 21.3. The van der Waals surface area contributed by atoms with Crippen molar-refractivity contribution >= 4 is 6.03 Å². The van der Waals surface area contributed by atoms with Crippen LogP contribution in [-0.2, 0) is 0 Å².